The molecule has 0 saturated carbocycles. The molecule has 2 aromatic heterocycles. The first-order valence-electron chi connectivity index (χ1n) is 10.9. The molecule has 0 radical (unpaired) electrons. The van der Waals surface area contributed by atoms with Gasteiger partial charge in [0.2, 0.25) is 0 Å². The molecule has 0 aliphatic carbocycles. The number of methoxy groups -OCH3 is 1. The molecular weight excluding hydrogens is 412 g/mol. The van der Waals surface area contributed by atoms with Crippen LogP contribution in [0.3, 0.4) is 0 Å². The second-order valence-corrected chi connectivity index (χ2v) is 9.49. The third-order valence-corrected chi connectivity index (χ3v) is 7.19. The van der Waals surface area contributed by atoms with Gasteiger partial charge in [0.1, 0.15) is 16.6 Å². The van der Waals surface area contributed by atoms with Crippen molar-refractivity contribution in [3.63, 3.8) is 0 Å². The standard InChI is InChI=1S/C22H28N6O2S/c1-15-13-23-22(31-15)20(29-2)16-4-3-7-28(14-16)21-18-6-5-17(12-19(18)24-26-25-21)27-8-10-30-11-9-27/h5-6,12-13,16,20H,3-4,7-11,14H2,1-2H3. The van der Waals surface area contributed by atoms with Gasteiger partial charge in [-0.3, -0.25) is 0 Å². The summed E-state index contributed by atoms with van der Waals surface area (Å²) in [6.07, 6.45) is 4.15. The molecule has 2 fully saturated rings. The summed E-state index contributed by atoms with van der Waals surface area (Å²) in [4.78, 5) is 10.5. The number of rotatable bonds is 5. The Morgan fingerprint density at radius 3 is 2.81 bits per heavy atom. The summed E-state index contributed by atoms with van der Waals surface area (Å²) in [7, 11) is 1.79. The van der Waals surface area contributed by atoms with E-state index in [1.54, 1.807) is 18.4 Å². The molecule has 5 rings (SSSR count). The van der Waals surface area contributed by atoms with Gasteiger partial charge < -0.3 is 19.3 Å². The van der Waals surface area contributed by atoms with Crippen molar-refractivity contribution >= 4 is 33.7 Å². The molecule has 0 N–H and O–H groups in total. The Morgan fingerprint density at radius 1 is 1.16 bits per heavy atom. The van der Waals surface area contributed by atoms with Crippen LogP contribution in [0.4, 0.5) is 11.5 Å². The minimum absolute atomic E-state index is 0.00971. The van der Waals surface area contributed by atoms with Crippen LogP contribution in [0.5, 0.6) is 0 Å². The van der Waals surface area contributed by atoms with Crippen LogP contribution in [0.2, 0.25) is 0 Å². The lowest BCUT2D eigenvalue weighted by Crippen LogP contribution is -2.39. The molecule has 164 valence electrons. The highest BCUT2D eigenvalue weighted by molar-refractivity contribution is 7.11. The van der Waals surface area contributed by atoms with Crippen molar-refractivity contribution in [2.75, 3.05) is 56.3 Å². The number of hydrogen-bond donors (Lipinski definition) is 0. The van der Waals surface area contributed by atoms with E-state index < -0.39 is 0 Å². The fourth-order valence-electron chi connectivity index (χ4n) is 4.66. The Hall–Kier alpha value is -2.36. The molecule has 3 aromatic rings. The maximum Gasteiger partial charge on any atom is 0.162 e. The number of ether oxygens (including phenoxy) is 2. The molecule has 31 heavy (non-hydrogen) atoms. The number of morpholine rings is 1. The van der Waals surface area contributed by atoms with Gasteiger partial charge >= 0.3 is 0 Å². The minimum atomic E-state index is 0.00971. The van der Waals surface area contributed by atoms with Crippen LogP contribution in [-0.2, 0) is 9.47 Å². The molecule has 1 aromatic carbocycles. The molecule has 9 heteroatoms. The highest BCUT2D eigenvalue weighted by atomic mass is 32.1. The molecule has 8 nitrogen and oxygen atoms in total. The Morgan fingerprint density at radius 2 is 2.03 bits per heavy atom. The topological polar surface area (TPSA) is 76.5 Å². The van der Waals surface area contributed by atoms with Gasteiger partial charge in [-0.25, -0.2) is 4.98 Å². The average molecular weight is 441 g/mol. The van der Waals surface area contributed by atoms with E-state index in [9.17, 15) is 0 Å². The number of benzene rings is 1. The van der Waals surface area contributed by atoms with Gasteiger partial charge in [0, 0.05) is 61.4 Å². The Bertz CT molecular complexity index is 1040. The normalized spacial score (nSPS) is 20.9. The second kappa shape index (κ2) is 9.02. The van der Waals surface area contributed by atoms with Crippen molar-refractivity contribution in [1.29, 1.82) is 0 Å². The summed E-state index contributed by atoms with van der Waals surface area (Å²) in [5.41, 5.74) is 2.05. The number of hydrogen-bond acceptors (Lipinski definition) is 9. The van der Waals surface area contributed by atoms with Gasteiger partial charge in [0.15, 0.2) is 5.82 Å². The van der Waals surface area contributed by atoms with Gasteiger partial charge in [0.25, 0.3) is 0 Å². The molecule has 0 spiro atoms. The van der Waals surface area contributed by atoms with Crippen LogP contribution in [0.1, 0.15) is 28.8 Å². The van der Waals surface area contributed by atoms with Crippen molar-refractivity contribution in [2.45, 2.75) is 25.9 Å². The van der Waals surface area contributed by atoms with E-state index in [2.05, 4.69) is 55.3 Å². The predicted octanol–water partition coefficient (Wildman–Crippen LogP) is 3.23. The monoisotopic (exact) mass is 440 g/mol. The SMILES string of the molecule is COC(c1ncc(C)s1)C1CCCN(c2nnnc3cc(N4CCOCC4)ccc23)C1. The quantitative estimate of drug-likeness (QED) is 0.599. The van der Waals surface area contributed by atoms with Crippen LogP contribution < -0.4 is 9.80 Å². The van der Waals surface area contributed by atoms with Gasteiger partial charge in [-0.1, -0.05) is 0 Å². The van der Waals surface area contributed by atoms with Crippen LogP contribution in [0, 0.1) is 12.8 Å². The number of aryl methyl sites for hydroxylation is 1. The molecule has 2 atom stereocenters. The third kappa shape index (κ3) is 4.22. The minimum Gasteiger partial charge on any atom is -0.378 e. The number of piperidine rings is 1. The van der Waals surface area contributed by atoms with Crippen molar-refractivity contribution in [1.82, 2.24) is 20.4 Å². The van der Waals surface area contributed by atoms with E-state index in [1.165, 1.54) is 4.88 Å². The van der Waals surface area contributed by atoms with E-state index in [4.69, 9.17) is 9.47 Å². The fourth-order valence-corrected chi connectivity index (χ4v) is 5.60. The molecule has 2 aliphatic heterocycles. The first-order chi connectivity index (χ1) is 15.2. The molecule has 2 saturated heterocycles. The van der Waals surface area contributed by atoms with Crippen molar-refractivity contribution in [3.05, 3.63) is 34.3 Å². The van der Waals surface area contributed by atoms with Crippen LogP contribution in [-0.4, -0.2) is 66.9 Å². The summed E-state index contributed by atoms with van der Waals surface area (Å²) in [5, 5.41) is 15.0. The lowest BCUT2D eigenvalue weighted by molar-refractivity contribution is 0.0446. The van der Waals surface area contributed by atoms with Crippen molar-refractivity contribution < 1.29 is 9.47 Å². The fraction of sp³-hybridized carbons (Fsp3) is 0.545. The third-order valence-electron chi connectivity index (χ3n) is 6.21. The van der Waals surface area contributed by atoms with Crippen molar-refractivity contribution in [2.24, 2.45) is 5.92 Å². The average Bonchev–Trinajstić information content (AvgIpc) is 3.25. The summed E-state index contributed by atoms with van der Waals surface area (Å²) in [6.45, 7) is 7.25. The lowest BCUT2D eigenvalue weighted by atomic mass is 9.92. The van der Waals surface area contributed by atoms with E-state index >= 15 is 0 Å². The molecule has 4 heterocycles. The highest BCUT2D eigenvalue weighted by Gasteiger charge is 2.31. The highest BCUT2D eigenvalue weighted by Crippen LogP contribution is 2.36. The summed E-state index contributed by atoms with van der Waals surface area (Å²) >= 11 is 1.72. The first kappa shape index (κ1) is 20.5. The smallest absolute Gasteiger partial charge is 0.162 e. The summed E-state index contributed by atoms with van der Waals surface area (Å²) < 4.78 is 11.4. The van der Waals surface area contributed by atoms with Crippen LogP contribution >= 0.6 is 11.3 Å². The van der Waals surface area contributed by atoms with E-state index in [-0.39, 0.29) is 6.10 Å². The molecular formula is C22H28N6O2S. The zero-order valence-electron chi connectivity index (χ0n) is 18.0. The Labute approximate surface area is 186 Å². The second-order valence-electron chi connectivity index (χ2n) is 8.23. The molecule has 2 unspecified atom stereocenters. The molecule has 0 bridgehead atoms. The first-order valence-corrected chi connectivity index (χ1v) is 11.7. The zero-order valence-corrected chi connectivity index (χ0v) is 18.8. The number of nitrogens with zero attached hydrogens (tertiary/aromatic N) is 6. The van der Waals surface area contributed by atoms with E-state index in [0.717, 1.165) is 79.7 Å². The number of aromatic nitrogens is 4. The number of fused-ring (bicyclic) bond motifs is 1. The lowest BCUT2D eigenvalue weighted by Gasteiger charge is -2.36. The van der Waals surface area contributed by atoms with E-state index in [0.29, 0.717) is 5.92 Å². The Kier molecular flexibility index (Phi) is 5.97. The van der Waals surface area contributed by atoms with Crippen LogP contribution in [0.15, 0.2) is 24.4 Å². The van der Waals surface area contributed by atoms with Gasteiger partial charge in [0.05, 0.1) is 13.2 Å². The summed E-state index contributed by atoms with van der Waals surface area (Å²) in [5.74, 6) is 1.27. The molecule has 2 aliphatic rings. The predicted molar refractivity (Wildman–Crippen MR) is 122 cm³/mol. The summed E-state index contributed by atoms with van der Waals surface area (Å²) in [6, 6.07) is 6.42. The van der Waals surface area contributed by atoms with Gasteiger partial charge in [-0.2, -0.15) is 0 Å². The van der Waals surface area contributed by atoms with Crippen LogP contribution in [0.25, 0.3) is 10.9 Å². The largest absolute Gasteiger partial charge is 0.378 e. The van der Waals surface area contributed by atoms with Gasteiger partial charge in [-0.15, -0.1) is 21.5 Å². The maximum absolute atomic E-state index is 5.90. The number of thiazole rings is 1. The zero-order chi connectivity index (χ0) is 21.2. The molecule has 0 amide bonds. The number of anilines is 2. The van der Waals surface area contributed by atoms with Crippen molar-refractivity contribution in [3.8, 4) is 0 Å². The van der Waals surface area contributed by atoms with E-state index in [1.807, 2.05) is 6.20 Å². The Balaban J connectivity index is 1.40. The maximum atomic E-state index is 5.90. The van der Waals surface area contributed by atoms with Gasteiger partial charge in [-0.05, 0) is 43.2 Å².